The second kappa shape index (κ2) is 3.47. The maximum Gasteiger partial charge on any atom is 0.0473 e. The molecule has 0 unspecified atom stereocenters. The minimum Gasteiger partial charge on any atom is -0.262 e. The molecule has 0 saturated carbocycles. The van der Waals surface area contributed by atoms with Crippen LogP contribution in [0.15, 0.2) is 16.9 Å². The zero-order chi connectivity index (χ0) is 6.85. The number of aromatic nitrogens is 1. The Labute approximate surface area is 89.0 Å². The molecule has 0 spiro atoms. The first-order valence-corrected chi connectivity index (χ1v) is 5.11. The minimum atomic E-state index is 1.14. The summed E-state index contributed by atoms with van der Waals surface area (Å²) in [4.78, 5) is 4.00. The van der Waals surface area contributed by atoms with Crippen molar-refractivity contribution in [3.05, 3.63) is 24.0 Å². The fourth-order valence-electron chi connectivity index (χ4n) is 0.396. The first-order valence-electron chi connectivity index (χ1n) is 2.16. The molecule has 4 heteroatoms. The number of nitrogens with zero attached hydrogens (tertiary/aromatic N) is 1. The molecule has 0 atom stereocenters. The van der Waals surface area contributed by atoms with Crippen LogP contribution in [0, 0.1) is 7.14 Å². The molecule has 1 aromatic rings. The van der Waals surface area contributed by atoms with E-state index in [0.29, 0.717) is 0 Å². The van der Waals surface area contributed by atoms with Gasteiger partial charge in [-0.15, -0.1) is 0 Å². The summed E-state index contributed by atoms with van der Waals surface area (Å²) in [5, 5.41) is 0. The maximum absolute atomic E-state index is 4.00. The second-order valence-corrected chi connectivity index (χ2v) is 4.53. The van der Waals surface area contributed by atoms with Crippen LogP contribution in [0.4, 0.5) is 0 Å². The molecule has 48 valence electrons. The van der Waals surface area contributed by atoms with E-state index >= 15 is 0 Å². The van der Waals surface area contributed by atoms with Crippen LogP contribution in [0.1, 0.15) is 0 Å². The molecule has 1 heterocycles. The lowest BCUT2D eigenvalue weighted by Gasteiger charge is -1.94. The van der Waals surface area contributed by atoms with Crippen LogP contribution >= 0.6 is 61.1 Å². The van der Waals surface area contributed by atoms with Crippen LogP contribution in [0.25, 0.3) is 0 Å². The Balaban J connectivity index is 3.25. The molecule has 9 heavy (non-hydrogen) atoms. The van der Waals surface area contributed by atoms with Gasteiger partial charge in [-0.1, -0.05) is 0 Å². The van der Waals surface area contributed by atoms with Crippen LogP contribution in [-0.2, 0) is 0 Å². The summed E-state index contributed by atoms with van der Waals surface area (Å²) in [5.41, 5.74) is 0. The molecule has 0 bridgehead atoms. The molecule has 0 N–H and O–H groups in total. The van der Waals surface area contributed by atoms with Gasteiger partial charge in [0.05, 0.1) is 0 Å². The molecule has 0 fully saturated rings. The summed E-state index contributed by atoms with van der Waals surface area (Å²) in [6, 6.07) is 0. The lowest BCUT2D eigenvalue weighted by atomic mass is 10.5. The highest BCUT2D eigenvalue weighted by Crippen LogP contribution is 2.22. The number of hydrogen-bond acceptors (Lipinski definition) is 1. The molecule has 0 amide bonds. The van der Waals surface area contributed by atoms with Crippen LogP contribution in [-0.4, -0.2) is 4.98 Å². The van der Waals surface area contributed by atoms with Crippen molar-refractivity contribution < 1.29 is 0 Å². The van der Waals surface area contributed by atoms with Gasteiger partial charge >= 0.3 is 0 Å². The lowest BCUT2D eigenvalue weighted by Crippen LogP contribution is -1.81. The molecule has 0 aromatic carbocycles. The molecule has 0 saturated heterocycles. The average molecular weight is 410 g/mol. The van der Waals surface area contributed by atoms with Crippen molar-refractivity contribution in [2.45, 2.75) is 0 Å². The van der Waals surface area contributed by atoms with E-state index in [2.05, 4.69) is 66.1 Å². The van der Waals surface area contributed by atoms with Crippen molar-refractivity contribution in [2.75, 3.05) is 0 Å². The van der Waals surface area contributed by atoms with Crippen LogP contribution in [0.2, 0.25) is 0 Å². The molecule has 0 aliphatic rings. The van der Waals surface area contributed by atoms with Gasteiger partial charge in [-0.25, -0.2) is 0 Å². The smallest absolute Gasteiger partial charge is 0.0473 e. The van der Waals surface area contributed by atoms with Crippen LogP contribution in [0.3, 0.4) is 0 Å². The van der Waals surface area contributed by atoms with Gasteiger partial charge in [-0.2, -0.15) is 0 Å². The minimum absolute atomic E-state index is 1.14. The third-order valence-corrected chi connectivity index (χ3v) is 4.77. The van der Waals surface area contributed by atoms with Crippen molar-refractivity contribution in [1.82, 2.24) is 4.98 Å². The second-order valence-electron chi connectivity index (χ2n) is 1.42. The summed E-state index contributed by atoms with van der Waals surface area (Å²) >= 11 is 7.90. The van der Waals surface area contributed by atoms with E-state index in [9.17, 15) is 0 Å². The number of halogens is 3. The van der Waals surface area contributed by atoms with E-state index in [-0.39, 0.29) is 0 Å². The first kappa shape index (κ1) is 8.19. The Morgan fingerprint density at radius 2 is 1.67 bits per heavy atom. The molecular weight excluding hydrogens is 408 g/mol. The summed E-state index contributed by atoms with van der Waals surface area (Å²) < 4.78 is 3.44. The summed E-state index contributed by atoms with van der Waals surface area (Å²) in [6.07, 6.45) is 3.65. The number of hydrogen-bond donors (Lipinski definition) is 0. The Bertz CT molecular complexity index is 206. The third-order valence-electron chi connectivity index (χ3n) is 0.795. The highest BCUT2D eigenvalue weighted by Gasteiger charge is 1.98. The molecule has 1 aromatic heterocycles. The summed E-state index contributed by atoms with van der Waals surface area (Å²) in [7, 11) is 0. The van der Waals surface area contributed by atoms with Crippen LogP contribution in [0.5, 0.6) is 0 Å². The first-order chi connectivity index (χ1) is 4.22. The number of rotatable bonds is 0. The van der Waals surface area contributed by atoms with Gasteiger partial charge in [-0.05, 0) is 61.1 Å². The molecule has 0 aliphatic carbocycles. The highest BCUT2D eigenvalue weighted by atomic mass is 127. The zero-order valence-corrected chi connectivity index (χ0v) is 10.1. The Morgan fingerprint density at radius 1 is 1.22 bits per heavy atom. The zero-order valence-electron chi connectivity index (χ0n) is 4.24. The summed E-state index contributed by atoms with van der Waals surface area (Å²) in [6.45, 7) is 0. The molecular formula is C5H2BrI2N. The van der Waals surface area contributed by atoms with Crippen LogP contribution < -0.4 is 0 Å². The van der Waals surface area contributed by atoms with Gasteiger partial charge in [0.2, 0.25) is 0 Å². The summed E-state index contributed by atoms with van der Waals surface area (Å²) in [5.74, 6) is 0. The van der Waals surface area contributed by atoms with Crippen molar-refractivity contribution in [1.29, 1.82) is 0 Å². The Morgan fingerprint density at radius 3 is 2.00 bits per heavy atom. The van der Waals surface area contributed by atoms with Crippen molar-refractivity contribution in [3.63, 3.8) is 0 Å². The van der Waals surface area contributed by atoms with E-state index in [1.54, 1.807) is 0 Å². The van der Waals surface area contributed by atoms with E-state index < -0.39 is 0 Å². The van der Waals surface area contributed by atoms with Gasteiger partial charge in [0.25, 0.3) is 0 Å². The quantitative estimate of drug-likeness (QED) is 0.600. The van der Waals surface area contributed by atoms with Gasteiger partial charge in [0, 0.05) is 24.0 Å². The standard InChI is InChI=1S/C5H2BrI2N/c6-5-3(7)1-9-2-4(5)8/h1-2H. The third kappa shape index (κ3) is 2.01. The number of pyridine rings is 1. The van der Waals surface area contributed by atoms with Gasteiger partial charge in [-0.3, -0.25) is 4.98 Å². The van der Waals surface area contributed by atoms with E-state index in [1.165, 1.54) is 0 Å². The van der Waals surface area contributed by atoms with Crippen molar-refractivity contribution in [2.24, 2.45) is 0 Å². The lowest BCUT2D eigenvalue weighted by molar-refractivity contribution is 1.27. The molecule has 1 nitrogen and oxygen atoms in total. The average Bonchev–Trinajstić information content (AvgIpc) is 1.83. The molecule has 0 radical (unpaired) electrons. The fourth-order valence-corrected chi connectivity index (χ4v) is 2.02. The molecule has 0 aliphatic heterocycles. The van der Waals surface area contributed by atoms with E-state index in [1.807, 2.05) is 12.4 Å². The fraction of sp³-hybridized carbons (Fsp3) is 0. The predicted molar refractivity (Wildman–Crippen MR) is 57.4 cm³/mol. The Kier molecular flexibility index (Phi) is 3.16. The van der Waals surface area contributed by atoms with Gasteiger partial charge < -0.3 is 0 Å². The predicted octanol–water partition coefficient (Wildman–Crippen LogP) is 3.05. The van der Waals surface area contributed by atoms with Gasteiger partial charge in [0.15, 0.2) is 0 Å². The molecule has 1 rings (SSSR count). The van der Waals surface area contributed by atoms with E-state index in [4.69, 9.17) is 0 Å². The topological polar surface area (TPSA) is 12.9 Å². The van der Waals surface area contributed by atoms with Crippen molar-refractivity contribution in [3.8, 4) is 0 Å². The van der Waals surface area contributed by atoms with Crippen molar-refractivity contribution >= 4 is 61.1 Å². The van der Waals surface area contributed by atoms with E-state index in [0.717, 1.165) is 11.6 Å². The highest BCUT2D eigenvalue weighted by molar-refractivity contribution is 14.1. The maximum atomic E-state index is 4.00. The Hall–Kier alpha value is 1.09. The monoisotopic (exact) mass is 409 g/mol. The normalized spacial score (nSPS) is 9.67. The largest absolute Gasteiger partial charge is 0.262 e. The SMILES string of the molecule is Brc1c(I)cncc1I. The van der Waals surface area contributed by atoms with Gasteiger partial charge in [0.1, 0.15) is 0 Å².